The highest BCUT2D eigenvalue weighted by atomic mass is 28.3. The number of hydrogen-bond donors (Lipinski definition) is 0. The van der Waals surface area contributed by atoms with E-state index in [-0.39, 0.29) is 5.91 Å². The molecule has 0 saturated heterocycles. The molecule has 2 nitrogen and oxygen atoms in total. The van der Waals surface area contributed by atoms with E-state index in [1.807, 2.05) is 18.2 Å². The van der Waals surface area contributed by atoms with Crippen LogP contribution in [0, 0.1) is 0 Å². The van der Waals surface area contributed by atoms with Gasteiger partial charge in [-0.15, -0.1) is 0 Å². The lowest BCUT2D eigenvalue weighted by molar-refractivity contribution is 0.0827. The zero-order valence-electron chi connectivity index (χ0n) is 10.2. The first-order chi connectivity index (χ1) is 6.82. The third kappa shape index (κ3) is 2.93. The third-order valence-corrected chi connectivity index (χ3v) is 4.42. The first-order valence-corrected chi connectivity index (χ1v) is 8.64. The van der Waals surface area contributed by atoms with Gasteiger partial charge in [-0.2, -0.15) is 0 Å². The first kappa shape index (κ1) is 12.0. The molecule has 0 radical (unpaired) electrons. The van der Waals surface area contributed by atoms with Crippen LogP contribution in [0.2, 0.25) is 19.6 Å². The van der Waals surface area contributed by atoms with Gasteiger partial charge in [-0.1, -0.05) is 43.0 Å². The number of nitrogens with zero attached hydrogens (tertiary/aromatic N) is 1. The second kappa shape index (κ2) is 4.19. The van der Waals surface area contributed by atoms with E-state index in [4.69, 9.17) is 0 Å². The van der Waals surface area contributed by atoms with Gasteiger partial charge in [0.05, 0.1) is 8.07 Å². The van der Waals surface area contributed by atoms with E-state index in [1.54, 1.807) is 19.0 Å². The summed E-state index contributed by atoms with van der Waals surface area (Å²) in [6.07, 6.45) is 0. The Morgan fingerprint density at radius 3 is 2.27 bits per heavy atom. The Labute approximate surface area is 92.9 Å². The minimum atomic E-state index is -1.32. The average Bonchev–Trinajstić information content (AvgIpc) is 2.15. The maximum atomic E-state index is 11.8. The first-order valence-electron chi connectivity index (χ1n) is 5.14. The Hall–Kier alpha value is -1.09. The molecule has 1 aromatic carbocycles. The summed E-state index contributed by atoms with van der Waals surface area (Å²) in [6, 6.07) is 8.02. The Balaban J connectivity index is 3.09. The summed E-state index contributed by atoms with van der Waals surface area (Å²) < 4.78 is 0. The molecule has 0 aliphatic rings. The van der Waals surface area contributed by atoms with Crippen LogP contribution in [0.1, 0.15) is 10.4 Å². The van der Waals surface area contributed by atoms with E-state index in [0.717, 1.165) is 5.56 Å². The third-order valence-electron chi connectivity index (χ3n) is 2.38. The fourth-order valence-corrected chi connectivity index (χ4v) is 2.56. The van der Waals surface area contributed by atoms with Crippen LogP contribution in [0.15, 0.2) is 24.3 Å². The van der Waals surface area contributed by atoms with Gasteiger partial charge in [-0.05, 0) is 6.07 Å². The molecule has 0 N–H and O–H groups in total. The summed E-state index contributed by atoms with van der Waals surface area (Å²) in [5.41, 5.74) is 0.792. The van der Waals surface area contributed by atoms with Gasteiger partial charge in [0.2, 0.25) is 0 Å². The van der Waals surface area contributed by atoms with Crippen LogP contribution >= 0.6 is 0 Å². The highest BCUT2D eigenvalue weighted by molar-refractivity contribution is 6.88. The van der Waals surface area contributed by atoms with Crippen LogP contribution in [-0.2, 0) is 0 Å². The molecule has 0 atom stereocenters. The average molecular weight is 221 g/mol. The van der Waals surface area contributed by atoms with Crippen molar-refractivity contribution in [2.75, 3.05) is 14.1 Å². The molecule has 0 aliphatic heterocycles. The van der Waals surface area contributed by atoms with Gasteiger partial charge in [0.25, 0.3) is 5.91 Å². The normalized spacial score (nSPS) is 11.3. The number of carbonyl (C=O) groups is 1. The predicted octanol–water partition coefficient (Wildman–Crippen LogP) is 1.93. The second-order valence-electron chi connectivity index (χ2n) is 5.03. The molecular weight excluding hydrogens is 202 g/mol. The van der Waals surface area contributed by atoms with Crippen LogP contribution < -0.4 is 5.19 Å². The molecular formula is C12H19NOSi. The fourth-order valence-electron chi connectivity index (χ4n) is 1.38. The van der Waals surface area contributed by atoms with E-state index in [1.165, 1.54) is 5.19 Å². The molecule has 1 aromatic rings. The van der Waals surface area contributed by atoms with Gasteiger partial charge in [-0.3, -0.25) is 4.79 Å². The highest BCUT2D eigenvalue weighted by Crippen LogP contribution is 2.06. The molecule has 0 fully saturated rings. The van der Waals surface area contributed by atoms with E-state index in [2.05, 4.69) is 25.7 Å². The van der Waals surface area contributed by atoms with Gasteiger partial charge in [0.1, 0.15) is 0 Å². The second-order valence-corrected chi connectivity index (χ2v) is 10.1. The molecule has 0 saturated carbocycles. The zero-order valence-corrected chi connectivity index (χ0v) is 11.2. The molecule has 0 aliphatic carbocycles. The monoisotopic (exact) mass is 221 g/mol. The van der Waals surface area contributed by atoms with Crippen molar-refractivity contribution in [2.45, 2.75) is 19.6 Å². The summed E-state index contributed by atoms with van der Waals surface area (Å²) in [4.78, 5) is 13.4. The fraction of sp³-hybridized carbons (Fsp3) is 0.417. The van der Waals surface area contributed by atoms with Gasteiger partial charge in [0, 0.05) is 19.7 Å². The molecule has 15 heavy (non-hydrogen) atoms. The van der Waals surface area contributed by atoms with Crippen molar-refractivity contribution < 1.29 is 4.79 Å². The molecule has 0 bridgehead atoms. The van der Waals surface area contributed by atoms with Crippen LogP contribution in [0.3, 0.4) is 0 Å². The molecule has 3 heteroatoms. The van der Waals surface area contributed by atoms with Gasteiger partial charge < -0.3 is 4.90 Å². The number of carbonyl (C=O) groups excluding carboxylic acids is 1. The predicted molar refractivity (Wildman–Crippen MR) is 67.4 cm³/mol. The Bertz CT molecular complexity index is 366. The van der Waals surface area contributed by atoms with Crippen molar-refractivity contribution in [1.82, 2.24) is 4.90 Å². The van der Waals surface area contributed by atoms with Gasteiger partial charge in [-0.25, -0.2) is 0 Å². The quantitative estimate of drug-likeness (QED) is 0.699. The van der Waals surface area contributed by atoms with Crippen molar-refractivity contribution in [2.24, 2.45) is 0 Å². The van der Waals surface area contributed by atoms with Crippen LogP contribution in [0.5, 0.6) is 0 Å². The number of benzene rings is 1. The van der Waals surface area contributed by atoms with Crippen molar-refractivity contribution in [3.63, 3.8) is 0 Å². The molecule has 82 valence electrons. The minimum absolute atomic E-state index is 0.0788. The van der Waals surface area contributed by atoms with Crippen molar-refractivity contribution in [3.05, 3.63) is 29.8 Å². The number of rotatable bonds is 2. The number of hydrogen-bond acceptors (Lipinski definition) is 1. The molecule has 0 unspecified atom stereocenters. The Morgan fingerprint density at radius 1 is 1.20 bits per heavy atom. The maximum Gasteiger partial charge on any atom is 0.253 e. The Kier molecular flexibility index (Phi) is 3.34. The summed E-state index contributed by atoms with van der Waals surface area (Å²) >= 11 is 0. The molecule has 0 heterocycles. The van der Waals surface area contributed by atoms with E-state index in [0.29, 0.717) is 0 Å². The van der Waals surface area contributed by atoms with Crippen molar-refractivity contribution in [1.29, 1.82) is 0 Å². The molecule has 1 rings (SSSR count). The van der Waals surface area contributed by atoms with Crippen molar-refractivity contribution in [3.8, 4) is 0 Å². The summed E-state index contributed by atoms with van der Waals surface area (Å²) in [7, 11) is 2.25. The minimum Gasteiger partial charge on any atom is -0.345 e. The lowest BCUT2D eigenvalue weighted by Crippen LogP contribution is -2.38. The summed E-state index contributed by atoms with van der Waals surface area (Å²) in [5, 5.41) is 1.33. The maximum absolute atomic E-state index is 11.8. The zero-order chi connectivity index (χ0) is 11.6. The highest BCUT2D eigenvalue weighted by Gasteiger charge is 2.18. The molecule has 0 aromatic heterocycles. The summed E-state index contributed by atoms with van der Waals surface area (Å²) in [5.74, 6) is 0.0788. The van der Waals surface area contributed by atoms with E-state index < -0.39 is 8.07 Å². The molecule has 1 amide bonds. The number of amides is 1. The van der Waals surface area contributed by atoms with Crippen LogP contribution in [0.25, 0.3) is 0 Å². The topological polar surface area (TPSA) is 20.3 Å². The van der Waals surface area contributed by atoms with E-state index in [9.17, 15) is 4.79 Å². The SMILES string of the molecule is CN(C)C(=O)c1cccc([Si](C)(C)C)c1. The standard InChI is InChI=1S/C12H19NOSi/c1-13(2)12(14)10-7-6-8-11(9-10)15(3,4)5/h6-9H,1-5H3. The van der Waals surface area contributed by atoms with Crippen LogP contribution in [0.4, 0.5) is 0 Å². The Morgan fingerprint density at radius 2 is 1.80 bits per heavy atom. The van der Waals surface area contributed by atoms with Crippen LogP contribution in [-0.4, -0.2) is 33.0 Å². The largest absolute Gasteiger partial charge is 0.345 e. The lowest BCUT2D eigenvalue weighted by atomic mass is 10.2. The van der Waals surface area contributed by atoms with Gasteiger partial charge >= 0.3 is 0 Å². The van der Waals surface area contributed by atoms with Gasteiger partial charge in [0.15, 0.2) is 0 Å². The summed E-state index contributed by atoms with van der Waals surface area (Å²) in [6.45, 7) is 6.85. The molecule has 0 spiro atoms. The van der Waals surface area contributed by atoms with Crippen molar-refractivity contribution >= 4 is 19.2 Å². The van der Waals surface area contributed by atoms with E-state index >= 15 is 0 Å². The smallest absolute Gasteiger partial charge is 0.253 e. The lowest BCUT2D eigenvalue weighted by Gasteiger charge is -2.18.